The molecule has 5 heteroatoms. The number of hydrogen-bond acceptors (Lipinski definition) is 3. The smallest absolute Gasteiger partial charge is 0.360 e. The summed E-state index contributed by atoms with van der Waals surface area (Å²) in [6.07, 6.45) is 0.560. The minimum absolute atomic E-state index is 0.383. The second-order valence-corrected chi connectivity index (χ2v) is 4.71. The first-order chi connectivity index (χ1) is 10.2. The summed E-state index contributed by atoms with van der Waals surface area (Å²) in [7, 11) is 0. The number of carboxylic acid groups (broad SMARTS) is 1. The fraction of sp³-hybridized carbons (Fsp3) is 0.0625. The Morgan fingerprint density at radius 1 is 1.10 bits per heavy atom. The Hall–Kier alpha value is -2.95. The van der Waals surface area contributed by atoms with E-state index in [0.717, 1.165) is 11.1 Å². The molecule has 5 nitrogen and oxygen atoms in total. The van der Waals surface area contributed by atoms with E-state index in [4.69, 9.17) is 5.11 Å². The maximum atomic E-state index is 12.3. The van der Waals surface area contributed by atoms with Gasteiger partial charge in [0.25, 0.3) is 0 Å². The van der Waals surface area contributed by atoms with Crippen molar-refractivity contribution in [2.75, 3.05) is 0 Å². The zero-order chi connectivity index (χ0) is 14.8. The van der Waals surface area contributed by atoms with Gasteiger partial charge in [0.15, 0.2) is 0 Å². The maximum Gasteiger partial charge on any atom is 0.360 e. The third-order valence-corrected chi connectivity index (χ3v) is 3.32. The molecule has 21 heavy (non-hydrogen) atoms. The number of fused-ring (bicyclic) bond motifs is 1. The minimum atomic E-state index is -1.33. The quantitative estimate of drug-likeness (QED) is 0.770. The summed E-state index contributed by atoms with van der Waals surface area (Å²) in [5.74, 6) is -1.33. The van der Waals surface area contributed by atoms with Crippen LogP contribution in [0.3, 0.4) is 0 Å². The van der Waals surface area contributed by atoms with E-state index < -0.39 is 17.1 Å². The summed E-state index contributed by atoms with van der Waals surface area (Å²) in [5, 5.41) is 15.7. The standard InChI is InChI=1S/C16H12N2O3/c19-15-13-11(9-10-5-2-1-3-6-10)7-4-8-12(13)17-18-14(15)16(20)21/h1-8H,9H2,(H,17,19)(H,20,21). The SMILES string of the molecule is O=C(O)c1n[nH]c2cccc(Cc3ccccc3)c2c1=O. The lowest BCUT2D eigenvalue weighted by Crippen LogP contribution is -2.19. The molecule has 0 atom stereocenters. The Kier molecular flexibility index (Phi) is 3.23. The summed E-state index contributed by atoms with van der Waals surface area (Å²) in [4.78, 5) is 23.4. The summed E-state index contributed by atoms with van der Waals surface area (Å²) < 4.78 is 0. The Morgan fingerprint density at radius 3 is 2.57 bits per heavy atom. The van der Waals surface area contributed by atoms with Crippen LogP contribution in [0.15, 0.2) is 53.3 Å². The second-order valence-electron chi connectivity index (χ2n) is 4.71. The van der Waals surface area contributed by atoms with Gasteiger partial charge in [-0.15, -0.1) is 0 Å². The molecule has 3 aromatic rings. The molecule has 0 aliphatic carbocycles. The molecule has 1 aromatic heterocycles. The Bertz CT molecular complexity index is 870. The third kappa shape index (κ3) is 2.41. The predicted octanol–water partition coefficient (Wildman–Crippen LogP) is 2.21. The van der Waals surface area contributed by atoms with Gasteiger partial charge in [-0.25, -0.2) is 4.79 Å². The van der Waals surface area contributed by atoms with E-state index >= 15 is 0 Å². The van der Waals surface area contributed by atoms with Crippen molar-refractivity contribution in [3.05, 3.63) is 75.6 Å². The lowest BCUT2D eigenvalue weighted by molar-refractivity contribution is 0.0688. The number of carboxylic acids is 1. The lowest BCUT2D eigenvalue weighted by Gasteiger charge is -2.06. The second kappa shape index (κ2) is 5.20. The summed E-state index contributed by atoms with van der Waals surface area (Å²) in [6.45, 7) is 0. The van der Waals surface area contributed by atoms with Crippen LogP contribution < -0.4 is 5.43 Å². The molecule has 3 rings (SSSR count). The minimum Gasteiger partial charge on any atom is -0.476 e. The first-order valence-electron chi connectivity index (χ1n) is 6.44. The van der Waals surface area contributed by atoms with Crippen molar-refractivity contribution in [2.45, 2.75) is 6.42 Å². The molecule has 0 aliphatic heterocycles. The van der Waals surface area contributed by atoms with Gasteiger partial charge in [-0.1, -0.05) is 42.5 Å². The van der Waals surface area contributed by atoms with Crippen molar-refractivity contribution in [2.24, 2.45) is 0 Å². The van der Waals surface area contributed by atoms with Gasteiger partial charge in [0.05, 0.1) is 10.9 Å². The lowest BCUT2D eigenvalue weighted by atomic mass is 10.0. The number of nitrogens with one attached hydrogen (secondary N) is 1. The predicted molar refractivity (Wildman–Crippen MR) is 78.6 cm³/mol. The van der Waals surface area contributed by atoms with E-state index in [-0.39, 0.29) is 0 Å². The van der Waals surface area contributed by atoms with Crippen LogP contribution in [0.25, 0.3) is 10.9 Å². The topological polar surface area (TPSA) is 83.0 Å². The molecule has 0 aliphatic rings. The van der Waals surface area contributed by atoms with Crippen LogP contribution in [0.2, 0.25) is 0 Å². The summed E-state index contributed by atoms with van der Waals surface area (Å²) >= 11 is 0. The van der Waals surface area contributed by atoms with E-state index in [1.165, 1.54) is 0 Å². The number of aromatic amines is 1. The number of H-pyrrole nitrogens is 1. The molecular weight excluding hydrogens is 268 g/mol. The van der Waals surface area contributed by atoms with Gasteiger partial charge in [0.1, 0.15) is 0 Å². The molecule has 0 spiro atoms. The van der Waals surface area contributed by atoms with E-state index in [0.29, 0.717) is 17.3 Å². The number of carbonyl (C=O) groups is 1. The van der Waals surface area contributed by atoms with Crippen molar-refractivity contribution in [3.63, 3.8) is 0 Å². The highest BCUT2D eigenvalue weighted by Gasteiger charge is 2.15. The first kappa shape index (κ1) is 13.1. The number of rotatable bonds is 3. The number of aromatic nitrogens is 2. The van der Waals surface area contributed by atoms with Crippen molar-refractivity contribution in [3.8, 4) is 0 Å². The van der Waals surface area contributed by atoms with Crippen LogP contribution in [0.5, 0.6) is 0 Å². The largest absolute Gasteiger partial charge is 0.476 e. The first-order valence-corrected chi connectivity index (χ1v) is 6.44. The van der Waals surface area contributed by atoms with E-state index in [2.05, 4.69) is 10.2 Å². The molecule has 0 unspecified atom stereocenters. The molecule has 2 aromatic carbocycles. The van der Waals surface area contributed by atoms with Crippen LogP contribution in [-0.2, 0) is 6.42 Å². The van der Waals surface area contributed by atoms with Gasteiger partial charge >= 0.3 is 5.97 Å². The average Bonchev–Trinajstić information content (AvgIpc) is 2.48. The van der Waals surface area contributed by atoms with Crippen molar-refractivity contribution >= 4 is 16.9 Å². The van der Waals surface area contributed by atoms with E-state index in [1.54, 1.807) is 6.07 Å². The highest BCUT2D eigenvalue weighted by Crippen LogP contribution is 2.17. The van der Waals surface area contributed by atoms with Crippen molar-refractivity contribution in [1.29, 1.82) is 0 Å². The van der Waals surface area contributed by atoms with Gasteiger partial charge in [-0.05, 0) is 23.6 Å². The fourth-order valence-corrected chi connectivity index (χ4v) is 2.35. The zero-order valence-electron chi connectivity index (χ0n) is 11.0. The number of hydrogen-bond donors (Lipinski definition) is 2. The zero-order valence-corrected chi connectivity index (χ0v) is 11.0. The van der Waals surface area contributed by atoms with E-state index in [9.17, 15) is 9.59 Å². The number of nitrogens with zero attached hydrogens (tertiary/aromatic N) is 1. The van der Waals surface area contributed by atoms with Crippen LogP contribution in [0, 0.1) is 0 Å². The molecule has 0 fully saturated rings. The normalized spacial score (nSPS) is 10.7. The Balaban J connectivity index is 2.21. The van der Waals surface area contributed by atoms with Crippen molar-refractivity contribution in [1.82, 2.24) is 10.2 Å². The molecule has 2 N–H and O–H groups in total. The van der Waals surface area contributed by atoms with Gasteiger partial charge in [-0.2, -0.15) is 5.10 Å². The number of benzene rings is 2. The molecule has 0 radical (unpaired) electrons. The van der Waals surface area contributed by atoms with Gasteiger partial charge < -0.3 is 5.11 Å². The monoisotopic (exact) mass is 280 g/mol. The average molecular weight is 280 g/mol. The van der Waals surface area contributed by atoms with Crippen molar-refractivity contribution < 1.29 is 9.90 Å². The number of aromatic carboxylic acids is 1. The van der Waals surface area contributed by atoms with Crippen LogP contribution in [-0.4, -0.2) is 21.3 Å². The summed E-state index contributed by atoms with van der Waals surface area (Å²) in [5.41, 5.74) is 1.34. The highest BCUT2D eigenvalue weighted by molar-refractivity contribution is 5.91. The molecule has 0 amide bonds. The summed E-state index contributed by atoms with van der Waals surface area (Å²) in [6, 6.07) is 15.1. The third-order valence-electron chi connectivity index (χ3n) is 3.32. The molecular formula is C16H12N2O3. The highest BCUT2D eigenvalue weighted by atomic mass is 16.4. The molecule has 0 bridgehead atoms. The molecule has 1 heterocycles. The van der Waals surface area contributed by atoms with Gasteiger partial charge in [0, 0.05) is 0 Å². The van der Waals surface area contributed by atoms with E-state index in [1.807, 2.05) is 42.5 Å². The maximum absolute atomic E-state index is 12.3. The molecule has 104 valence electrons. The Labute approximate surface area is 119 Å². The van der Waals surface area contributed by atoms with Crippen LogP contribution in [0.1, 0.15) is 21.6 Å². The molecule has 0 saturated carbocycles. The Morgan fingerprint density at radius 2 is 1.86 bits per heavy atom. The fourth-order valence-electron chi connectivity index (χ4n) is 2.35. The van der Waals surface area contributed by atoms with Crippen LogP contribution >= 0.6 is 0 Å². The van der Waals surface area contributed by atoms with Gasteiger partial charge in [0.2, 0.25) is 11.1 Å². The van der Waals surface area contributed by atoms with Crippen LogP contribution in [0.4, 0.5) is 0 Å². The molecule has 0 saturated heterocycles. The van der Waals surface area contributed by atoms with Gasteiger partial charge in [-0.3, -0.25) is 9.89 Å².